The summed E-state index contributed by atoms with van der Waals surface area (Å²) in [5, 5.41) is 2.65. The molecule has 7 nitrogen and oxygen atoms in total. The maximum absolute atomic E-state index is 12.2. The van der Waals surface area contributed by atoms with Crippen LogP contribution >= 0.6 is 0 Å². The number of likely N-dealkylation sites (tertiary alicyclic amines) is 1. The molecule has 0 spiro atoms. The summed E-state index contributed by atoms with van der Waals surface area (Å²) in [4.78, 5) is 33.8. The number of amides is 2. The summed E-state index contributed by atoms with van der Waals surface area (Å²) in [7, 11) is 0. The van der Waals surface area contributed by atoms with Crippen LogP contribution in [0.25, 0.3) is 0 Å². The van der Waals surface area contributed by atoms with Crippen molar-refractivity contribution in [2.45, 2.75) is 12.5 Å². The van der Waals surface area contributed by atoms with Gasteiger partial charge in [-0.1, -0.05) is 18.2 Å². The van der Waals surface area contributed by atoms with E-state index >= 15 is 0 Å². The van der Waals surface area contributed by atoms with Crippen LogP contribution in [0, 0.1) is 0 Å². The Labute approximate surface area is 139 Å². The van der Waals surface area contributed by atoms with Gasteiger partial charge >= 0.3 is 0 Å². The lowest BCUT2D eigenvalue weighted by atomic mass is 10.2. The van der Waals surface area contributed by atoms with E-state index in [1.807, 2.05) is 6.07 Å². The second kappa shape index (κ2) is 7.54. The predicted octanol–water partition coefficient (Wildman–Crippen LogP) is 0.886. The first-order valence-electron chi connectivity index (χ1n) is 7.76. The zero-order valence-electron chi connectivity index (χ0n) is 13.1. The van der Waals surface area contributed by atoms with E-state index in [0.717, 1.165) is 6.42 Å². The topological polar surface area (TPSA) is 84.4 Å². The van der Waals surface area contributed by atoms with Gasteiger partial charge in [0.1, 0.15) is 6.10 Å². The van der Waals surface area contributed by atoms with Gasteiger partial charge in [-0.2, -0.15) is 0 Å². The summed E-state index contributed by atoms with van der Waals surface area (Å²) in [5.74, 6) is 0.0780. The second-order valence-electron chi connectivity index (χ2n) is 5.46. The molecule has 3 rings (SSSR count). The molecule has 1 saturated heterocycles. The van der Waals surface area contributed by atoms with Crippen molar-refractivity contribution in [1.82, 2.24) is 20.2 Å². The number of benzene rings is 1. The van der Waals surface area contributed by atoms with E-state index in [-0.39, 0.29) is 24.5 Å². The number of rotatable bonds is 5. The lowest BCUT2D eigenvalue weighted by Gasteiger charge is -2.17. The Morgan fingerprint density at radius 2 is 2.08 bits per heavy atom. The number of nitrogens with one attached hydrogen (secondary N) is 1. The van der Waals surface area contributed by atoms with Crippen molar-refractivity contribution >= 4 is 11.8 Å². The standard InChI is InChI=1S/C17H18N4O3/c22-16(11-20-17(23)13-4-2-1-3-5-13)21-9-6-14(12-21)24-15-10-18-7-8-19-15/h1-5,7-8,10,14H,6,9,11-12H2,(H,20,23). The second-order valence-corrected chi connectivity index (χ2v) is 5.46. The fourth-order valence-electron chi connectivity index (χ4n) is 2.53. The number of aromatic nitrogens is 2. The molecular weight excluding hydrogens is 308 g/mol. The highest BCUT2D eigenvalue weighted by Crippen LogP contribution is 2.15. The van der Waals surface area contributed by atoms with Gasteiger partial charge in [0.05, 0.1) is 19.3 Å². The van der Waals surface area contributed by atoms with Crippen LogP contribution in [0.4, 0.5) is 0 Å². The zero-order valence-corrected chi connectivity index (χ0v) is 13.1. The minimum atomic E-state index is -0.254. The first-order chi connectivity index (χ1) is 11.7. The van der Waals surface area contributed by atoms with Gasteiger partial charge in [-0.05, 0) is 12.1 Å². The van der Waals surface area contributed by atoms with E-state index in [4.69, 9.17) is 4.74 Å². The monoisotopic (exact) mass is 326 g/mol. The molecule has 1 unspecified atom stereocenters. The number of hydrogen-bond acceptors (Lipinski definition) is 5. The summed E-state index contributed by atoms with van der Waals surface area (Å²) < 4.78 is 5.70. The number of ether oxygens (including phenoxy) is 1. The molecule has 1 aliphatic rings. The molecule has 1 aromatic heterocycles. The maximum Gasteiger partial charge on any atom is 0.251 e. The van der Waals surface area contributed by atoms with Crippen LogP contribution in [-0.4, -0.2) is 52.4 Å². The molecule has 2 aromatic rings. The Hall–Kier alpha value is -2.96. The minimum absolute atomic E-state index is 0.0222. The van der Waals surface area contributed by atoms with Crippen molar-refractivity contribution in [2.75, 3.05) is 19.6 Å². The molecular formula is C17H18N4O3. The highest BCUT2D eigenvalue weighted by Gasteiger charge is 2.28. The Bertz CT molecular complexity index is 693. The molecule has 1 atom stereocenters. The average Bonchev–Trinajstić information content (AvgIpc) is 3.09. The van der Waals surface area contributed by atoms with Gasteiger partial charge in [-0.25, -0.2) is 4.98 Å². The third-order valence-corrected chi connectivity index (χ3v) is 3.76. The van der Waals surface area contributed by atoms with E-state index in [1.165, 1.54) is 0 Å². The van der Waals surface area contributed by atoms with Crippen molar-refractivity contribution in [3.8, 4) is 5.88 Å². The molecule has 7 heteroatoms. The number of carbonyl (C=O) groups is 2. The molecule has 2 amide bonds. The molecule has 1 N–H and O–H groups in total. The number of nitrogens with zero attached hydrogens (tertiary/aromatic N) is 3. The van der Waals surface area contributed by atoms with E-state index in [2.05, 4.69) is 15.3 Å². The van der Waals surface area contributed by atoms with Crippen LogP contribution in [-0.2, 0) is 4.79 Å². The fraction of sp³-hybridized carbons (Fsp3) is 0.294. The van der Waals surface area contributed by atoms with Crippen molar-refractivity contribution < 1.29 is 14.3 Å². The molecule has 1 fully saturated rings. The quantitative estimate of drug-likeness (QED) is 0.882. The van der Waals surface area contributed by atoms with Crippen LogP contribution < -0.4 is 10.1 Å². The molecule has 1 aromatic carbocycles. The Morgan fingerprint density at radius 3 is 2.83 bits per heavy atom. The Morgan fingerprint density at radius 1 is 1.25 bits per heavy atom. The Balaban J connectivity index is 1.45. The molecule has 0 saturated carbocycles. The van der Waals surface area contributed by atoms with Crippen LogP contribution in [0.5, 0.6) is 5.88 Å². The Kier molecular flexibility index (Phi) is 5.00. The largest absolute Gasteiger partial charge is 0.471 e. The summed E-state index contributed by atoms with van der Waals surface area (Å²) in [5.41, 5.74) is 0.538. The van der Waals surface area contributed by atoms with Gasteiger partial charge in [0.15, 0.2) is 0 Å². The summed E-state index contributed by atoms with van der Waals surface area (Å²) in [6.45, 7) is 1.06. The minimum Gasteiger partial charge on any atom is -0.471 e. The van der Waals surface area contributed by atoms with E-state index in [1.54, 1.807) is 47.8 Å². The first kappa shape index (κ1) is 15.9. The summed E-state index contributed by atoms with van der Waals surface area (Å²) in [6.07, 6.45) is 5.31. The molecule has 2 heterocycles. The number of carbonyl (C=O) groups excluding carboxylic acids is 2. The summed E-state index contributed by atoms with van der Waals surface area (Å²) >= 11 is 0. The van der Waals surface area contributed by atoms with Crippen LogP contribution in [0.1, 0.15) is 16.8 Å². The third-order valence-electron chi connectivity index (χ3n) is 3.76. The SMILES string of the molecule is O=C(NCC(=O)N1CCC(Oc2cnccn2)C1)c1ccccc1. The van der Waals surface area contributed by atoms with Crippen molar-refractivity contribution in [2.24, 2.45) is 0 Å². The van der Waals surface area contributed by atoms with Gasteiger partial charge in [0, 0.05) is 30.9 Å². The van der Waals surface area contributed by atoms with Crippen LogP contribution in [0.3, 0.4) is 0 Å². The fourth-order valence-corrected chi connectivity index (χ4v) is 2.53. The molecule has 124 valence electrons. The lowest BCUT2D eigenvalue weighted by Crippen LogP contribution is -2.39. The van der Waals surface area contributed by atoms with Gasteiger partial charge < -0.3 is 15.0 Å². The molecule has 1 aliphatic heterocycles. The number of hydrogen-bond donors (Lipinski definition) is 1. The van der Waals surface area contributed by atoms with E-state index in [9.17, 15) is 9.59 Å². The van der Waals surface area contributed by atoms with Gasteiger partial charge in [0.25, 0.3) is 5.91 Å². The highest BCUT2D eigenvalue weighted by atomic mass is 16.5. The van der Waals surface area contributed by atoms with Gasteiger partial charge in [-0.15, -0.1) is 0 Å². The zero-order chi connectivity index (χ0) is 16.8. The molecule has 0 radical (unpaired) electrons. The third kappa shape index (κ3) is 4.07. The van der Waals surface area contributed by atoms with Gasteiger partial charge in [-0.3, -0.25) is 14.6 Å². The van der Waals surface area contributed by atoms with Crippen molar-refractivity contribution in [1.29, 1.82) is 0 Å². The maximum atomic E-state index is 12.2. The highest BCUT2D eigenvalue weighted by molar-refractivity contribution is 5.96. The normalized spacial score (nSPS) is 16.7. The predicted molar refractivity (Wildman–Crippen MR) is 86.4 cm³/mol. The lowest BCUT2D eigenvalue weighted by molar-refractivity contribution is -0.129. The smallest absolute Gasteiger partial charge is 0.251 e. The molecule has 0 bridgehead atoms. The van der Waals surface area contributed by atoms with Crippen LogP contribution in [0.2, 0.25) is 0 Å². The van der Waals surface area contributed by atoms with Crippen LogP contribution in [0.15, 0.2) is 48.9 Å². The van der Waals surface area contributed by atoms with E-state index < -0.39 is 0 Å². The van der Waals surface area contributed by atoms with Crippen molar-refractivity contribution in [3.63, 3.8) is 0 Å². The van der Waals surface area contributed by atoms with Crippen molar-refractivity contribution in [3.05, 3.63) is 54.5 Å². The molecule has 24 heavy (non-hydrogen) atoms. The summed E-state index contributed by atoms with van der Waals surface area (Å²) in [6, 6.07) is 8.82. The van der Waals surface area contributed by atoms with Gasteiger partial charge in [0.2, 0.25) is 11.8 Å². The molecule has 0 aliphatic carbocycles. The first-order valence-corrected chi connectivity index (χ1v) is 7.76. The average molecular weight is 326 g/mol. The van der Waals surface area contributed by atoms with E-state index in [0.29, 0.717) is 24.5 Å².